The molecule has 1 aromatic carbocycles. The fraction of sp³-hybridized carbons (Fsp3) is 0.650. The van der Waals surface area contributed by atoms with Gasteiger partial charge in [-0.2, -0.15) is 0 Å². The first-order valence-electron chi connectivity index (χ1n) is 9.41. The fourth-order valence-corrected chi connectivity index (χ4v) is 3.09. The van der Waals surface area contributed by atoms with Crippen LogP contribution in [0.5, 0.6) is 0 Å². The number of guanidine groups is 1. The van der Waals surface area contributed by atoms with E-state index >= 15 is 0 Å². The summed E-state index contributed by atoms with van der Waals surface area (Å²) in [6, 6.07) is 9.26. The molecule has 140 valence electrons. The van der Waals surface area contributed by atoms with Crippen molar-refractivity contribution in [3.8, 4) is 0 Å². The Morgan fingerprint density at radius 1 is 1.20 bits per heavy atom. The summed E-state index contributed by atoms with van der Waals surface area (Å²) in [6.45, 7) is 12.6. The number of aryl methyl sites for hydroxylation is 1. The Morgan fingerprint density at radius 3 is 2.56 bits per heavy atom. The predicted octanol–water partition coefficient (Wildman–Crippen LogP) is 2.52. The molecule has 1 heterocycles. The van der Waals surface area contributed by atoms with E-state index in [1.54, 1.807) is 0 Å². The normalized spacial score (nSPS) is 19.0. The van der Waals surface area contributed by atoms with Gasteiger partial charge in [0.05, 0.1) is 0 Å². The van der Waals surface area contributed by atoms with Crippen molar-refractivity contribution in [1.82, 2.24) is 16.0 Å². The maximum absolute atomic E-state index is 4.37. The van der Waals surface area contributed by atoms with Crippen LogP contribution in [0.4, 0.5) is 5.69 Å². The molecular weight excluding hydrogens is 310 g/mol. The quantitative estimate of drug-likeness (QED) is 0.436. The van der Waals surface area contributed by atoms with E-state index in [0.717, 1.165) is 32.1 Å². The van der Waals surface area contributed by atoms with Crippen LogP contribution in [0.15, 0.2) is 29.3 Å². The summed E-state index contributed by atoms with van der Waals surface area (Å²) < 4.78 is 0. The molecule has 1 atom stereocenters. The van der Waals surface area contributed by atoms with E-state index in [4.69, 9.17) is 0 Å². The van der Waals surface area contributed by atoms with Crippen molar-refractivity contribution >= 4 is 11.6 Å². The highest BCUT2D eigenvalue weighted by atomic mass is 15.2. The highest BCUT2D eigenvalue weighted by Gasteiger charge is 2.21. The van der Waals surface area contributed by atoms with Crippen LogP contribution in [0.2, 0.25) is 0 Å². The molecule has 1 saturated heterocycles. The van der Waals surface area contributed by atoms with E-state index in [1.165, 1.54) is 24.1 Å². The monoisotopic (exact) mass is 345 g/mol. The second-order valence-electron chi connectivity index (χ2n) is 7.94. The SMILES string of the molecule is CN=C(NCCNC(C)(C)C)NC1CCCN(c2ccc(C)cc2)C1. The number of anilines is 1. The number of hydrogen-bond acceptors (Lipinski definition) is 3. The smallest absolute Gasteiger partial charge is 0.191 e. The maximum Gasteiger partial charge on any atom is 0.191 e. The molecule has 0 spiro atoms. The van der Waals surface area contributed by atoms with Crippen molar-refractivity contribution in [2.45, 2.75) is 52.1 Å². The molecule has 1 fully saturated rings. The van der Waals surface area contributed by atoms with Crippen molar-refractivity contribution in [1.29, 1.82) is 0 Å². The predicted molar refractivity (Wildman–Crippen MR) is 109 cm³/mol. The van der Waals surface area contributed by atoms with Gasteiger partial charge < -0.3 is 20.9 Å². The lowest BCUT2D eigenvalue weighted by atomic mass is 10.0. The molecule has 1 aromatic rings. The molecule has 25 heavy (non-hydrogen) atoms. The Bertz CT molecular complexity index is 544. The van der Waals surface area contributed by atoms with Gasteiger partial charge in [0, 0.05) is 50.5 Å². The zero-order valence-corrected chi connectivity index (χ0v) is 16.5. The van der Waals surface area contributed by atoms with E-state index in [9.17, 15) is 0 Å². The lowest BCUT2D eigenvalue weighted by molar-refractivity contribution is 0.426. The largest absolute Gasteiger partial charge is 0.369 e. The molecule has 0 amide bonds. The summed E-state index contributed by atoms with van der Waals surface area (Å²) in [5.74, 6) is 0.895. The van der Waals surface area contributed by atoms with Gasteiger partial charge in [0.2, 0.25) is 0 Å². The maximum atomic E-state index is 4.37. The standard InChI is InChI=1S/C20H35N5/c1-16-8-10-18(11-9-16)25-14-6-7-17(15-25)24-19(21-5)22-12-13-23-20(2,3)4/h8-11,17,23H,6-7,12-15H2,1-5H3,(H2,21,22,24). The number of piperidine rings is 1. The second kappa shape index (κ2) is 9.09. The van der Waals surface area contributed by atoms with E-state index in [1.807, 2.05) is 7.05 Å². The van der Waals surface area contributed by atoms with Crippen LogP contribution in [0.3, 0.4) is 0 Å². The molecule has 0 aromatic heterocycles. The van der Waals surface area contributed by atoms with Gasteiger partial charge in [-0.15, -0.1) is 0 Å². The van der Waals surface area contributed by atoms with Gasteiger partial charge in [-0.25, -0.2) is 0 Å². The minimum absolute atomic E-state index is 0.149. The summed E-state index contributed by atoms with van der Waals surface area (Å²) >= 11 is 0. The van der Waals surface area contributed by atoms with Gasteiger partial charge in [-0.1, -0.05) is 17.7 Å². The van der Waals surface area contributed by atoms with Crippen LogP contribution in [0, 0.1) is 6.92 Å². The third-order valence-electron chi connectivity index (χ3n) is 4.46. The molecule has 0 bridgehead atoms. The minimum atomic E-state index is 0.149. The highest BCUT2D eigenvalue weighted by Crippen LogP contribution is 2.20. The molecule has 0 aliphatic carbocycles. The third-order valence-corrected chi connectivity index (χ3v) is 4.46. The van der Waals surface area contributed by atoms with Gasteiger partial charge >= 0.3 is 0 Å². The molecule has 3 N–H and O–H groups in total. The third kappa shape index (κ3) is 6.94. The number of nitrogens with zero attached hydrogens (tertiary/aromatic N) is 2. The van der Waals surface area contributed by atoms with Crippen LogP contribution in [0.1, 0.15) is 39.2 Å². The highest BCUT2D eigenvalue weighted by molar-refractivity contribution is 5.80. The number of nitrogens with one attached hydrogen (secondary N) is 3. The first-order valence-corrected chi connectivity index (χ1v) is 9.41. The molecular formula is C20H35N5. The summed E-state index contributed by atoms with van der Waals surface area (Å²) in [7, 11) is 1.84. The average molecular weight is 346 g/mol. The lowest BCUT2D eigenvalue weighted by Gasteiger charge is -2.35. The van der Waals surface area contributed by atoms with Crippen molar-refractivity contribution in [2.75, 3.05) is 38.1 Å². The van der Waals surface area contributed by atoms with Crippen molar-refractivity contribution in [3.63, 3.8) is 0 Å². The van der Waals surface area contributed by atoms with E-state index in [2.05, 4.69) is 77.8 Å². The lowest BCUT2D eigenvalue weighted by Crippen LogP contribution is -2.52. The molecule has 1 aliphatic rings. The van der Waals surface area contributed by atoms with Crippen LogP contribution >= 0.6 is 0 Å². The molecule has 0 radical (unpaired) electrons. The Kier molecular flexibility index (Phi) is 7.12. The Morgan fingerprint density at radius 2 is 1.92 bits per heavy atom. The number of rotatable bonds is 5. The molecule has 0 saturated carbocycles. The van der Waals surface area contributed by atoms with Crippen molar-refractivity contribution in [2.24, 2.45) is 4.99 Å². The first kappa shape index (κ1) is 19.6. The fourth-order valence-electron chi connectivity index (χ4n) is 3.09. The van der Waals surface area contributed by atoms with E-state index in [-0.39, 0.29) is 5.54 Å². The number of hydrogen-bond donors (Lipinski definition) is 3. The Balaban J connectivity index is 1.80. The van der Waals surface area contributed by atoms with Crippen LogP contribution in [-0.4, -0.2) is 50.8 Å². The number of aliphatic imine (C=N–C) groups is 1. The van der Waals surface area contributed by atoms with Crippen LogP contribution < -0.4 is 20.9 Å². The summed E-state index contributed by atoms with van der Waals surface area (Å²) in [6.07, 6.45) is 2.39. The van der Waals surface area contributed by atoms with Gasteiger partial charge in [-0.05, 0) is 52.7 Å². The molecule has 2 rings (SSSR count). The summed E-state index contributed by atoms with van der Waals surface area (Å²) in [5.41, 5.74) is 2.77. The molecule has 5 heteroatoms. The zero-order valence-electron chi connectivity index (χ0n) is 16.5. The van der Waals surface area contributed by atoms with Gasteiger partial charge in [0.25, 0.3) is 0 Å². The van der Waals surface area contributed by atoms with E-state index < -0.39 is 0 Å². The Labute approximate surface area is 153 Å². The molecule has 1 aliphatic heterocycles. The van der Waals surface area contributed by atoms with E-state index in [0.29, 0.717) is 6.04 Å². The Hall–Kier alpha value is -1.75. The molecule has 5 nitrogen and oxygen atoms in total. The van der Waals surface area contributed by atoms with Gasteiger partial charge in [-0.3, -0.25) is 4.99 Å². The van der Waals surface area contributed by atoms with Crippen molar-refractivity contribution < 1.29 is 0 Å². The van der Waals surface area contributed by atoms with Crippen LogP contribution in [0.25, 0.3) is 0 Å². The topological polar surface area (TPSA) is 51.7 Å². The zero-order chi connectivity index (χ0) is 18.3. The first-order chi connectivity index (χ1) is 11.9. The average Bonchev–Trinajstić information content (AvgIpc) is 2.57. The minimum Gasteiger partial charge on any atom is -0.369 e. The number of benzene rings is 1. The summed E-state index contributed by atoms with van der Waals surface area (Å²) in [5, 5.41) is 10.5. The van der Waals surface area contributed by atoms with Crippen molar-refractivity contribution in [3.05, 3.63) is 29.8 Å². The van der Waals surface area contributed by atoms with Crippen LogP contribution in [-0.2, 0) is 0 Å². The van der Waals surface area contributed by atoms with Gasteiger partial charge in [0.15, 0.2) is 5.96 Å². The second-order valence-corrected chi connectivity index (χ2v) is 7.94. The molecule has 1 unspecified atom stereocenters. The van der Waals surface area contributed by atoms with Gasteiger partial charge in [0.1, 0.15) is 0 Å². The summed E-state index contributed by atoms with van der Waals surface area (Å²) in [4.78, 5) is 6.84.